The van der Waals surface area contributed by atoms with E-state index in [1.165, 1.54) is 0 Å². The van der Waals surface area contributed by atoms with Gasteiger partial charge in [0.25, 0.3) is 0 Å². The van der Waals surface area contributed by atoms with Gasteiger partial charge in [0, 0.05) is 25.1 Å². The van der Waals surface area contributed by atoms with Crippen LogP contribution >= 0.6 is 0 Å². The lowest BCUT2D eigenvalue weighted by atomic mass is 9.99. The molecule has 0 radical (unpaired) electrons. The van der Waals surface area contributed by atoms with Gasteiger partial charge in [0.2, 0.25) is 0 Å². The van der Waals surface area contributed by atoms with Crippen molar-refractivity contribution < 1.29 is 14.1 Å². The highest BCUT2D eigenvalue weighted by molar-refractivity contribution is 5.74. The summed E-state index contributed by atoms with van der Waals surface area (Å²) in [6, 6.07) is 1.87. The van der Waals surface area contributed by atoms with Gasteiger partial charge in [-0.15, -0.1) is 0 Å². The number of carbonyl (C=O) groups is 1. The molecule has 22 heavy (non-hydrogen) atoms. The molecule has 0 unspecified atom stereocenters. The standard InChI is InChI=1S/C16H27N3O3/c1-5-13(6-2)15-7-14(22-18-15)8-17-16(20)19-9-11(3)21-12(4)10-19/h7,11-13H,5-6,8-10H2,1-4H3,(H,17,20)/t11-,12+. The average Bonchev–Trinajstić information content (AvgIpc) is 2.94. The normalized spacial score (nSPS) is 22.1. The molecule has 1 saturated heterocycles. The molecular formula is C16H27N3O3. The van der Waals surface area contributed by atoms with Crippen molar-refractivity contribution in [1.82, 2.24) is 15.4 Å². The number of morpholine rings is 1. The van der Waals surface area contributed by atoms with E-state index in [0.717, 1.165) is 18.5 Å². The van der Waals surface area contributed by atoms with E-state index in [2.05, 4.69) is 24.3 Å². The van der Waals surface area contributed by atoms with Crippen LogP contribution in [-0.4, -0.2) is 41.4 Å². The van der Waals surface area contributed by atoms with Crippen molar-refractivity contribution in [3.8, 4) is 0 Å². The smallest absolute Gasteiger partial charge is 0.317 e. The number of nitrogens with zero attached hydrogens (tertiary/aromatic N) is 2. The Morgan fingerprint density at radius 2 is 2.00 bits per heavy atom. The summed E-state index contributed by atoms with van der Waals surface area (Å²) in [6.07, 6.45) is 2.22. The van der Waals surface area contributed by atoms with E-state index in [4.69, 9.17) is 9.26 Å². The molecule has 1 N–H and O–H groups in total. The monoisotopic (exact) mass is 309 g/mol. The van der Waals surface area contributed by atoms with Crippen molar-refractivity contribution >= 4 is 6.03 Å². The van der Waals surface area contributed by atoms with E-state index in [-0.39, 0.29) is 18.2 Å². The Balaban J connectivity index is 1.86. The molecule has 1 aromatic heterocycles. The summed E-state index contributed by atoms with van der Waals surface area (Å²) in [6.45, 7) is 9.85. The van der Waals surface area contributed by atoms with Crippen LogP contribution in [0.25, 0.3) is 0 Å². The first-order valence-electron chi connectivity index (χ1n) is 8.17. The van der Waals surface area contributed by atoms with Crippen molar-refractivity contribution in [2.75, 3.05) is 13.1 Å². The minimum absolute atomic E-state index is 0.0706. The van der Waals surface area contributed by atoms with E-state index in [1.54, 1.807) is 4.90 Å². The lowest BCUT2D eigenvalue weighted by Gasteiger charge is -2.35. The number of hydrogen-bond donors (Lipinski definition) is 1. The van der Waals surface area contributed by atoms with Gasteiger partial charge in [0.15, 0.2) is 5.76 Å². The first-order chi connectivity index (χ1) is 10.5. The maximum atomic E-state index is 12.2. The first kappa shape index (κ1) is 16.8. The van der Waals surface area contributed by atoms with Crippen LogP contribution in [0, 0.1) is 0 Å². The van der Waals surface area contributed by atoms with Gasteiger partial charge in [-0.1, -0.05) is 19.0 Å². The van der Waals surface area contributed by atoms with Gasteiger partial charge >= 0.3 is 6.03 Å². The number of carbonyl (C=O) groups excluding carboxylic acids is 1. The number of hydrogen-bond acceptors (Lipinski definition) is 4. The van der Waals surface area contributed by atoms with E-state index in [0.29, 0.717) is 31.3 Å². The van der Waals surface area contributed by atoms with Crippen LogP contribution in [0.3, 0.4) is 0 Å². The Bertz CT molecular complexity index is 475. The lowest BCUT2D eigenvalue weighted by Crippen LogP contribution is -2.51. The van der Waals surface area contributed by atoms with Gasteiger partial charge in [-0.25, -0.2) is 4.79 Å². The molecule has 2 amide bonds. The average molecular weight is 309 g/mol. The number of rotatable bonds is 5. The second kappa shape index (κ2) is 7.63. The first-order valence-corrected chi connectivity index (χ1v) is 8.17. The van der Waals surface area contributed by atoms with Crippen LogP contribution in [0.15, 0.2) is 10.6 Å². The van der Waals surface area contributed by atoms with Crippen molar-refractivity contribution in [1.29, 1.82) is 0 Å². The minimum atomic E-state index is -0.0810. The maximum absolute atomic E-state index is 12.2. The Morgan fingerprint density at radius 3 is 2.59 bits per heavy atom. The molecular weight excluding hydrogens is 282 g/mol. The summed E-state index contributed by atoms with van der Waals surface area (Å²) < 4.78 is 11.0. The number of amides is 2. The highest BCUT2D eigenvalue weighted by Gasteiger charge is 2.25. The van der Waals surface area contributed by atoms with Crippen LogP contribution in [0.1, 0.15) is 57.9 Å². The molecule has 124 valence electrons. The molecule has 0 saturated carbocycles. The third-order valence-electron chi connectivity index (χ3n) is 4.10. The molecule has 1 fully saturated rings. The summed E-state index contributed by atoms with van der Waals surface area (Å²) >= 11 is 0. The highest BCUT2D eigenvalue weighted by atomic mass is 16.5. The molecule has 0 aliphatic carbocycles. The van der Waals surface area contributed by atoms with Crippen LogP contribution in [0.4, 0.5) is 4.79 Å². The zero-order chi connectivity index (χ0) is 16.1. The fourth-order valence-corrected chi connectivity index (χ4v) is 2.93. The molecule has 1 aromatic rings. The highest BCUT2D eigenvalue weighted by Crippen LogP contribution is 2.22. The molecule has 0 spiro atoms. The van der Waals surface area contributed by atoms with Gasteiger partial charge in [0.05, 0.1) is 24.4 Å². The van der Waals surface area contributed by atoms with Crippen molar-refractivity contribution in [2.24, 2.45) is 0 Å². The summed E-state index contributed by atoms with van der Waals surface area (Å²) in [5, 5.41) is 7.01. The Hall–Kier alpha value is -1.56. The summed E-state index contributed by atoms with van der Waals surface area (Å²) in [4.78, 5) is 14.0. The van der Waals surface area contributed by atoms with Crippen LogP contribution in [-0.2, 0) is 11.3 Å². The van der Waals surface area contributed by atoms with Gasteiger partial charge < -0.3 is 19.5 Å². The quantitative estimate of drug-likeness (QED) is 0.908. The Kier molecular flexibility index (Phi) is 5.83. The molecule has 1 aliphatic rings. The molecule has 0 aromatic carbocycles. The molecule has 1 aliphatic heterocycles. The van der Waals surface area contributed by atoms with Gasteiger partial charge in [-0.3, -0.25) is 0 Å². The molecule has 2 atom stereocenters. The summed E-state index contributed by atoms with van der Waals surface area (Å²) in [7, 11) is 0. The largest absolute Gasteiger partial charge is 0.372 e. The zero-order valence-corrected chi connectivity index (χ0v) is 14.0. The van der Waals surface area contributed by atoms with Crippen molar-refractivity contribution in [3.63, 3.8) is 0 Å². The van der Waals surface area contributed by atoms with Crippen LogP contribution < -0.4 is 5.32 Å². The van der Waals surface area contributed by atoms with Crippen LogP contribution in [0.2, 0.25) is 0 Å². The van der Waals surface area contributed by atoms with Gasteiger partial charge in [0.1, 0.15) is 0 Å². The zero-order valence-electron chi connectivity index (χ0n) is 14.0. The number of aromatic nitrogens is 1. The third-order valence-corrected chi connectivity index (χ3v) is 4.10. The van der Waals surface area contributed by atoms with E-state index < -0.39 is 0 Å². The molecule has 0 bridgehead atoms. The number of nitrogens with one attached hydrogen (secondary N) is 1. The Labute approximate surface area is 132 Å². The molecule has 6 nitrogen and oxygen atoms in total. The van der Waals surface area contributed by atoms with E-state index >= 15 is 0 Å². The third kappa shape index (κ3) is 4.22. The van der Waals surface area contributed by atoms with Gasteiger partial charge in [-0.2, -0.15) is 0 Å². The second-order valence-electron chi connectivity index (χ2n) is 6.05. The number of ether oxygens (including phenoxy) is 1. The fraction of sp³-hybridized carbons (Fsp3) is 0.750. The number of urea groups is 1. The Morgan fingerprint density at radius 1 is 1.36 bits per heavy atom. The van der Waals surface area contributed by atoms with Crippen molar-refractivity contribution in [2.45, 2.75) is 65.2 Å². The molecule has 2 rings (SSSR count). The predicted octanol–water partition coefficient (Wildman–Crippen LogP) is 2.90. The van der Waals surface area contributed by atoms with Crippen LogP contribution in [0.5, 0.6) is 0 Å². The molecule has 6 heteroatoms. The maximum Gasteiger partial charge on any atom is 0.317 e. The predicted molar refractivity (Wildman–Crippen MR) is 83.6 cm³/mol. The lowest BCUT2D eigenvalue weighted by molar-refractivity contribution is -0.0545. The fourth-order valence-electron chi connectivity index (χ4n) is 2.93. The second-order valence-corrected chi connectivity index (χ2v) is 6.05. The summed E-state index contributed by atoms with van der Waals surface area (Å²) in [5.74, 6) is 1.12. The topological polar surface area (TPSA) is 67.6 Å². The van der Waals surface area contributed by atoms with E-state index in [1.807, 2.05) is 19.9 Å². The minimum Gasteiger partial charge on any atom is -0.372 e. The summed E-state index contributed by atoms with van der Waals surface area (Å²) in [5.41, 5.74) is 0.975. The van der Waals surface area contributed by atoms with E-state index in [9.17, 15) is 4.79 Å². The van der Waals surface area contributed by atoms with Crippen molar-refractivity contribution in [3.05, 3.63) is 17.5 Å². The SMILES string of the molecule is CCC(CC)c1cc(CNC(=O)N2C[C@@H](C)O[C@@H](C)C2)on1. The molecule has 2 heterocycles. The van der Waals surface area contributed by atoms with Gasteiger partial charge in [-0.05, 0) is 26.7 Å².